The molecular weight excluding hydrogens is 240 g/mol. The Kier molecular flexibility index (Phi) is 4.24. The summed E-state index contributed by atoms with van der Waals surface area (Å²) in [5, 5.41) is 0. The number of nitrogens with two attached hydrogens (primary N) is 1. The lowest BCUT2D eigenvalue weighted by Gasteiger charge is -2.36. The molecule has 0 amide bonds. The van der Waals surface area contributed by atoms with Gasteiger partial charge >= 0.3 is 0 Å². The summed E-state index contributed by atoms with van der Waals surface area (Å²) in [7, 11) is 1.99. The van der Waals surface area contributed by atoms with Crippen LogP contribution in [0.4, 0.5) is 5.82 Å². The van der Waals surface area contributed by atoms with Crippen molar-refractivity contribution in [2.75, 3.05) is 11.9 Å². The summed E-state index contributed by atoms with van der Waals surface area (Å²) < 4.78 is 0. The van der Waals surface area contributed by atoms with Gasteiger partial charge in [-0.3, -0.25) is 4.79 Å². The zero-order chi connectivity index (χ0) is 14.0. The number of nitrogens with one attached hydrogen (secondary N) is 1. The third-order valence-electron chi connectivity index (χ3n) is 3.93. The van der Waals surface area contributed by atoms with Crippen LogP contribution in [0.25, 0.3) is 0 Å². The van der Waals surface area contributed by atoms with Gasteiger partial charge in [-0.2, -0.15) is 0 Å². The quantitative estimate of drug-likeness (QED) is 0.869. The van der Waals surface area contributed by atoms with Crippen LogP contribution in [0.1, 0.15) is 51.3 Å². The second-order valence-corrected chi connectivity index (χ2v) is 5.77. The third-order valence-corrected chi connectivity index (χ3v) is 3.93. The molecule has 1 aliphatic carbocycles. The van der Waals surface area contributed by atoms with Crippen LogP contribution in [-0.4, -0.2) is 29.1 Å². The van der Waals surface area contributed by atoms with Crippen LogP contribution in [0.2, 0.25) is 0 Å². The first kappa shape index (κ1) is 14.1. The molecule has 5 nitrogen and oxygen atoms in total. The molecule has 1 aromatic rings. The van der Waals surface area contributed by atoms with Crippen LogP contribution >= 0.6 is 0 Å². The summed E-state index contributed by atoms with van der Waals surface area (Å²) in [4.78, 5) is 21.2. The van der Waals surface area contributed by atoms with Crippen LogP contribution < -0.4 is 16.2 Å². The second-order valence-electron chi connectivity index (χ2n) is 5.77. The highest BCUT2D eigenvalue weighted by Crippen LogP contribution is 2.24. The molecule has 0 saturated heterocycles. The summed E-state index contributed by atoms with van der Waals surface area (Å²) in [6, 6.07) is 2.01. The number of hydrogen-bond acceptors (Lipinski definition) is 4. The summed E-state index contributed by atoms with van der Waals surface area (Å²) in [6.45, 7) is 4.04. The van der Waals surface area contributed by atoms with Gasteiger partial charge in [-0.25, -0.2) is 4.98 Å². The van der Waals surface area contributed by atoms with E-state index in [1.165, 1.54) is 12.8 Å². The minimum absolute atomic E-state index is 0.0927. The summed E-state index contributed by atoms with van der Waals surface area (Å²) in [5.41, 5.74) is 6.11. The molecule has 5 heteroatoms. The van der Waals surface area contributed by atoms with Gasteiger partial charge in [0, 0.05) is 31.1 Å². The number of H-pyrrole nitrogens is 1. The van der Waals surface area contributed by atoms with Crippen molar-refractivity contribution in [1.29, 1.82) is 0 Å². The zero-order valence-corrected chi connectivity index (χ0v) is 12.0. The Bertz CT molecular complexity index is 483. The van der Waals surface area contributed by atoms with E-state index in [-0.39, 0.29) is 23.6 Å². The lowest BCUT2D eigenvalue weighted by atomic mass is 9.90. The summed E-state index contributed by atoms with van der Waals surface area (Å²) >= 11 is 0. The maximum Gasteiger partial charge on any atom is 0.252 e. The predicted octanol–water partition coefficient (Wildman–Crippen LogP) is 1.60. The number of likely N-dealkylation sites (N-methyl/N-ethyl adjacent to an activating group) is 1. The van der Waals surface area contributed by atoms with Gasteiger partial charge in [-0.05, 0) is 12.8 Å². The van der Waals surface area contributed by atoms with Crippen LogP contribution in [0.3, 0.4) is 0 Å². The highest BCUT2D eigenvalue weighted by Gasteiger charge is 2.26. The van der Waals surface area contributed by atoms with Crippen molar-refractivity contribution in [1.82, 2.24) is 9.97 Å². The van der Waals surface area contributed by atoms with Gasteiger partial charge in [0.15, 0.2) is 0 Å². The van der Waals surface area contributed by atoms with E-state index in [2.05, 4.69) is 14.9 Å². The van der Waals surface area contributed by atoms with E-state index in [4.69, 9.17) is 5.73 Å². The molecule has 0 spiro atoms. The van der Waals surface area contributed by atoms with Crippen molar-refractivity contribution < 1.29 is 0 Å². The predicted molar refractivity (Wildman–Crippen MR) is 77.6 cm³/mol. The number of aromatic nitrogens is 2. The minimum atomic E-state index is -0.0927. The van der Waals surface area contributed by atoms with E-state index in [9.17, 15) is 4.79 Å². The molecule has 1 heterocycles. The van der Waals surface area contributed by atoms with E-state index >= 15 is 0 Å². The van der Waals surface area contributed by atoms with E-state index < -0.39 is 0 Å². The van der Waals surface area contributed by atoms with Crippen molar-refractivity contribution in [3.05, 3.63) is 22.2 Å². The first-order chi connectivity index (χ1) is 8.99. The molecule has 2 atom stereocenters. The summed E-state index contributed by atoms with van der Waals surface area (Å²) in [6.07, 6.45) is 4.52. The molecule has 1 fully saturated rings. The minimum Gasteiger partial charge on any atom is -0.355 e. The highest BCUT2D eigenvalue weighted by molar-refractivity contribution is 5.38. The van der Waals surface area contributed by atoms with Crippen LogP contribution in [0, 0.1) is 0 Å². The average molecular weight is 264 g/mol. The highest BCUT2D eigenvalue weighted by atomic mass is 16.1. The number of nitrogens with zero attached hydrogens (tertiary/aromatic N) is 2. The lowest BCUT2D eigenvalue weighted by Crippen LogP contribution is -2.48. The molecule has 106 valence electrons. The van der Waals surface area contributed by atoms with Gasteiger partial charge in [-0.1, -0.05) is 26.7 Å². The van der Waals surface area contributed by atoms with Gasteiger partial charge in [0.2, 0.25) is 0 Å². The molecule has 0 radical (unpaired) electrons. The van der Waals surface area contributed by atoms with E-state index in [0.717, 1.165) is 24.5 Å². The van der Waals surface area contributed by atoms with Gasteiger partial charge < -0.3 is 15.6 Å². The molecular formula is C14H24N4O. The molecule has 19 heavy (non-hydrogen) atoms. The Hall–Kier alpha value is -1.36. The number of rotatable bonds is 3. The molecule has 3 N–H and O–H groups in total. The Morgan fingerprint density at radius 2 is 2.11 bits per heavy atom. The third kappa shape index (κ3) is 3.15. The maximum atomic E-state index is 11.7. The normalized spacial score (nSPS) is 23.6. The molecule has 1 saturated carbocycles. The van der Waals surface area contributed by atoms with Crippen LogP contribution in [-0.2, 0) is 0 Å². The van der Waals surface area contributed by atoms with Crippen LogP contribution in [0.5, 0.6) is 0 Å². The van der Waals surface area contributed by atoms with Crippen molar-refractivity contribution in [3.63, 3.8) is 0 Å². The van der Waals surface area contributed by atoms with E-state index in [1.54, 1.807) is 6.07 Å². The Morgan fingerprint density at radius 1 is 1.42 bits per heavy atom. The molecule has 2 unspecified atom stereocenters. The first-order valence-electron chi connectivity index (χ1n) is 7.08. The van der Waals surface area contributed by atoms with Crippen molar-refractivity contribution >= 4 is 5.82 Å². The standard InChI is InChI=1S/C14H24N4O/c1-9(2)14-16-12(8-13(19)17-14)18(3)11-7-5-4-6-10(11)15/h8-11H,4-7,15H2,1-3H3,(H,16,17,19). The topological polar surface area (TPSA) is 75.0 Å². The Labute approximate surface area is 114 Å². The van der Waals surface area contributed by atoms with E-state index in [1.807, 2.05) is 20.9 Å². The fourth-order valence-corrected chi connectivity index (χ4v) is 2.71. The maximum absolute atomic E-state index is 11.7. The molecule has 1 aromatic heterocycles. The van der Waals surface area contributed by atoms with Gasteiger partial charge in [-0.15, -0.1) is 0 Å². The molecule has 0 aromatic carbocycles. The average Bonchev–Trinajstić information content (AvgIpc) is 2.37. The monoisotopic (exact) mass is 264 g/mol. The molecule has 2 rings (SSSR count). The Morgan fingerprint density at radius 3 is 2.74 bits per heavy atom. The van der Waals surface area contributed by atoms with Crippen molar-refractivity contribution in [2.24, 2.45) is 5.73 Å². The van der Waals surface area contributed by atoms with Gasteiger partial charge in [0.1, 0.15) is 11.6 Å². The largest absolute Gasteiger partial charge is 0.355 e. The van der Waals surface area contributed by atoms with Crippen LogP contribution in [0.15, 0.2) is 10.9 Å². The van der Waals surface area contributed by atoms with Crippen molar-refractivity contribution in [3.8, 4) is 0 Å². The number of anilines is 1. The smallest absolute Gasteiger partial charge is 0.252 e. The fraction of sp³-hybridized carbons (Fsp3) is 0.714. The van der Waals surface area contributed by atoms with Gasteiger partial charge in [0.05, 0.1) is 0 Å². The SMILES string of the molecule is CC(C)c1nc(N(C)C2CCCCC2N)cc(=O)[nH]1. The Balaban J connectivity index is 2.27. The van der Waals surface area contributed by atoms with Crippen molar-refractivity contribution in [2.45, 2.75) is 57.5 Å². The summed E-state index contributed by atoms with van der Waals surface area (Å²) in [5.74, 6) is 1.68. The zero-order valence-electron chi connectivity index (χ0n) is 12.0. The number of aromatic amines is 1. The molecule has 0 bridgehead atoms. The van der Waals surface area contributed by atoms with E-state index in [0.29, 0.717) is 0 Å². The second kappa shape index (κ2) is 5.74. The van der Waals surface area contributed by atoms with Gasteiger partial charge in [0.25, 0.3) is 5.56 Å². The first-order valence-corrected chi connectivity index (χ1v) is 7.08. The number of hydrogen-bond donors (Lipinski definition) is 2. The lowest BCUT2D eigenvalue weighted by molar-refractivity contribution is 0.372. The fourth-order valence-electron chi connectivity index (χ4n) is 2.71. The molecule has 1 aliphatic rings. The molecule has 0 aliphatic heterocycles.